The number of aryl methyl sites for hydroxylation is 1. The molecule has 122 valence electrons. The van der Waals surface area contributed by atoms with Crippen molar-refractivity contribution < 1.29 is 9.90 Å². The van der Waals surface area contributed by atoms with Crippen LogP contribution in [0.15, 0.2) is 35.4 Å². The van der Waals surface area contributed by atoms with Crippen molar-refractivity contribution in [2.45, 2.75) is 25.7 Å². The van der Waals surface area contributed by atoms with Crippen LogP contribution in [0.2, 0.25) is 5.02 Å². The molecule has 2 aromatic heterocycles. The van der Waals surface area contributed by atoms with E-state index in [1.54, 1.807) is 16.7 Å². The maximum atomic E-state index is 12.6. The summed E-state index contributed by atoms with van der Waals surface area (Å²) in [6.45, 7) is 1.91. The molecule has 1 saturated carbocycles. The molecule has 1 aromatic carbocycles. The van der Waals surface area contributed by atoms with Gasteiger partial charge < -0.3 is 14.5 Å². The molecule has 1 aliphatic rings. The van der Waals surface area contributed by atoms with Gasteiger partial charge in [0.05, 0.1) is 11.3 Å². The number of fused-ring (bicyclic) bond motifs is 1. The Morgan fingerprint density at radius 2 is 2.08 bits per heavy atom. The summed E-state index contributed by atoms with van der Waals surface area (Å²) in [6.07, 6.45) is 5.12. The Bertz CT molecular complexity index is 1040. The predicted molar refractivity (Wildman–Crippen MR) is 92.1 cm³/mol. The zero-order chi connectivity index (χ0) is 17.0. The monoisotopic (exact) mass is 342 g/mol. The lowest BCUT2D eigenvalue weighted by Gasteiger charge is -2.06. The summed E-state index contributed by atoms with van der Waals surface area (Å²) in [5.74, 6) is -0.832. The van der Waals surface area contributed by atoms with Gasteiger partial charge >= 0.3 is 5.97 Å². The molecule has 24 heavy (non-hydrogen) atoms. The van der Waals surface area contributed by atoms with E-state index in [1.807, 2.05) is 19.1 Å². The number of halogens is 1. The SMILES string of the molecule is Cc1ccc(-c2cn3cc(C(=O)O)c(C4CC4)c3c(=O)[nH]2)cc1Cl. The molecule has 0 bridgehead atoms. The number of H-pyrrole nitrogens is 1. The molecular formula is C18H15ClN2O3. The average molecular weight is 343 g/mol. The van der Waals surface area contributed by atoms with Crippen LogP contribution in [0.25, 0.3) is 16.8 Å². The van der Waals surface area contributed by atoms with Crippen molar-refractivity contribution in [3.8, 4) is 11.3 Å². The van der Waals surface area contributed by atoms with E-state index < -0.39 is 5.97 Å². The zero-order valence-electron chi connectivity index (χ0n) is 13.0. The molecule has 3 aromatic rings. The van der Waals surface area contributed by atoms with Crippen molar-refractivity contribution >= 4 is 23.1 Å². The van der Waals surface area contributed by atoms with Gasteiger partial charge in [0.25, 0.3) is 5.56 Å². The smallest absolute Gasteiger partial charge is 0.337 e. The highest BCUT2D eigenvalue weighted by atomic mass is 35.5. The van der Waals surface area contributed by atoms with Crippen molar-refractivity contribution in [3.05, 3.63) is 62.7 Å². The van der Waals surface area contributed by atoms with Crippen LogP contribution in [-0.2, 0) is 0 Å². The van der Waals surface area contributed by atoms with E-state index >= 15 is 0 Å². The molecule has 0 radical (unpaired) electrons. The lowest BCUT2D eigenvalue weighted by Crippen LogP contribution is -2.12. The van der Waals surface area contributed by atoms with Gasteiger partial charge in [-0.05, 0) is 37.3 Å². The minimum absolute atomic E-state index is 0.168. The molecule has 4 rings (SSSR count). The van der Waals surface area contributed by atoms with Crippen molar-refractivity contribution in [3.63, 3.8) is 0 Å². The van der Waals surface area contributed by atoms with Gasteiger partial charge in [0.2, 0.25) is 0 Å². The van der Waals surface area contributed by atoms with Gasteiger partial charge in [0, 0.05) is 28.5 Å². The van der Waals surface area contributed by atoms with Crippen molar-refractivity contribution in [1.82, 2.24) is 9.38 Å². The van der Waals surface area contributed by atoms with Gasteiger partial charge in [-0.2, -0.15) is 0 Å². The maximum Gasteiger partial charge on any atom is 0.337 e. The first-order chi connectivity index (χ1) is 11.5. The summed E-state index contributed by atoms with van der Waals surface area (Å²) in [5.41, 5.74) is 3.34. The maximum absolute atomic E-state index is 12.6. The lowest BCUT2D eigenvalue weighted by atomic mass is 10.1. The number of carbonyl (C=O) groups is 1. The second-order valence-corrected chi connectivity index (χ2v) is 6.66. The lowest BCUT2D eigenvalue weighted by molar-refractivity contribution is 0.0696. The number of carboxylic acid groups (broad SMARTS) is 1. The summed E-state index contributed by atoms with van der Waals surface area (Å²) in [4.78, 5) is 27.0. The van der Waals surface area contributed by atoms with E-state index in [0.29, 0.717) is 21.8 Å². The van der Waals surface area contributed by atoms with Crippen molar-refractivity contribution in [2.75, 3.05) is 0 Å². The first-order valence-corrected chi connectivity index (χ1v) is 8.11. The first-order valence-electron chi connectivity index (χ1n) is 7.73. The molecule has 0 unspecified atom stereocenters. The number of benzene rings is 1. The number of aromatic carboxylic acids is 1. The van der Waals surface area contributed by atoms with Crippen LogP contribution in [0.5, 0.6) is 0 Å². The number of hydrogen-bond acceptors (Lipinski definition) is 2. The second-order valence-electron chi connectivity index (χ2n) is 6.25. The fourth-order valence-electron chi connectivity index (χ4n) is 3.10. The normalized spacial score (nSPS) is 14.2. The number of nitrogens with zero attached hydrogens (tertiary/aromatic N) is 1. The van der Waals surface area contributed by atoms with Crippen LogP contribution in [0, 0.1) is 6.92 Å². The van der Waals surface area contributed by atoms with Crippen LogP contribution in [-0.4, -0.2) is 20.5 Å². The molecule has 2 heterocycles. The van der Waals surface area contributed by atoms with Gasteiger partial charge in [-0.1, -0.05) is 23.7 Å². The molecule has 0 spiro atoms. The molecule has 0 aliphatic heterocycles. The summed E-state index contributed by atoms with van der Waals surface area (Å²) < 4.78 is 1.62. The summed E-state index contributed by atoms with van der Waals surface area (Å²) in [7, 11) is 0. The number of rotatable bonds is 3. The molecular weight excluding hydrogens is 328 g/mol. The Balaban J connectivity index is 1.96. The summed E-state index contributed by atoms with van der Waals surface area (Å²) >= 11 is 6.17. The van der Waals surface area contributed by atoms with Crippen LogP contribution in [0.1, 0.15) is 40.2 Å². The second kappa shape index (κ2) is 5.24. The third-order valence-corrected chi connectivity index (χ3v) is 4.91. The number of hydrogen-bond donors (Lipinski definition) is 2. The highest BCUT2D eigenvalue weighted by Gasteiger charge is 2.32. The van der Waals surface area contributed by atoms with Gasteiger partial charge in [-0.3, -0.25) is 4.79 Å². The number of carboxylic acids is 1. The molecule has 6 heteroatoms. The Morgan fingerprint density at radius 1 is 1.33 bits per heavy atom. The fourth-order valence-corrected chi connectivity index (χ4v) is 3.28. The Morgan fingerprint density at radius 3 is 2.71 bits per heavy atom. The summed E-state index contributed by atoms with van der Waals surface area (Å²) in [6, 6.07) is 5.55. The quantitative estimate of drug-likeness (QED) is 0.759. The highest BCUT2D eigenvalue weighted by Crippen LogP contribution is 2.43. The predicted octanol–water partition coefficient (Wildman–Crippen LogP) is 3.83. The van der Waals surface area contributed by atoms with Gasteiger partial charge in [-0.15, -0.1) is 0 Å². The molecule has 0 amide bonds. The van der Waals surface area contributed by atoms with Crippen LogP contribution in [0.3, 0.4) is 0 Å². The third-order valence-electron chi connectivity index (χ3n) is 4.50. The highest BCUT2D eigenvalue weighted by molar-refractivity contribution is 6.31. The molecule has 5 nitrogen and oxygen atoms in total. The van der Waals surface area contributed by atoms with Gasteiger partial charge in [0.15, 0.2) is 0 Å². The van der Waals surface area contributed by atoms with E-state index in [9.17, 15) is 14.7 Å². The molecule has 1 aliphatic carbocycles. The molecule has 2 N–H and O–H groups in total. The van der Waals surface area contributed by atoms with Crippen LogP contribution in [0.4, 0.5) is 0 Å². The van der Waals surface area contributed by atoms with Crippen molar-refractivity contribution in [1.29, 1.82) is 0 Å². The third kappa shape index (κ3) is 2.32. The van der Waals surface area contributed by atoms with E-state index in [4.69, 9.17) is 11.6 Å². The molecule has 0 saturated heterocycles. The number of aromatic nitrogens is 2. The standard InChI is InChI=1S/C18H15ClN2O3/c1-9-2-3-11(6-13(9)19)14-8-21-7-12(18(23)24)15(10-4-5-10)16(21)17(22)20-14/h2-3,6-8,10H,4-5H2,1H3,(H,20,22)(H,23,24). The average Bonchev–Trinajstić information content (AvgIpc) is 3.29. The van der Waals surface area contributed by atoms with Crippen molar-refractivity contribution in [2.24, 2.45) is 0 Å². The van der Waals surface area contributed by atoms with Gasteiger partial charge in [0.1, 0.15) is 5.52 Å². The topological polar surface area (TPSA) is 74.6 Å². The van der Waals surface area contributed by atoms with E-state index in [2.05, 4.69) is 4.98 Å². The minimum Gasteiger partial charge on any atom is -0.478 e. The molecule has 0 atom stereocenters. The van der Waals surface area contributed by atoms with Gasteiger partial charge in [-0.25, -0.2) is 4.79 Å². The summed E-state index contributed by atoms with van der Waals surface area (Å²) in [5, 5.41) is 10.1. The minimum atomic E-state index is -1.00. The Kier molecular flexibility index (Phi) is 3.28. The fraction of sp³-hybridized carbons (Fsp3) is 0.222. The van der Waals surface area contributed by atoms with Crippen LogP contribution >= 0.6 is 11.6 Å². The van der Waals surface area contributed by atoms with E-state index in [1.165, 1.54) is 6.20 Å². The van der Waals surface area contributed by atoms with Crippen LogP contribution < -0.4 is 5.56 Å². The van der Waals surface area contributed by atoms with E-state index in [-0.39, 0.29) is 17.0 Å². The van der Waals surface area contributed by atoms with E-state index in [0.717, 1.165) is 24.0 Å². The molecule has 1 fully saturated rings. The number of aromatic amines is 1. The Hall–Kier alpha value is -2.53. The largest absolute Gasteiger partial charge is 0.478 e. The zero-order valence-corrected chi connectivity index (χ0v) is 13.7. The number of nitrogens with one attached hydrogen (secondary N) is 1. The first kappa shape index (κ1) is 15.0. The Labute approximate surface area is 142 Å².